The van der Waals surface area contributed by atoms with Crippen molar-refractivity contribution in [3.05, 3.63) is 59.7 Å². The number of benzene rings is 2. The van der Waals surface area contributed by atoms with Gasteiger partial charge in [-0.1, -0.05) is 24.3 Å². The van der Waals surface area contributed by atoms with Crippen LogP contribution >= 0.6 is 0 Å². The van der Waals surface area contributed by atoms with Gasteiger partial charge < -0.3 is 10.2 Å². The molecule has 1 N–H and O–H groups in total. The van der Waals surface area contributed by atoms with Gasteiger partial charge in [-0.3, -0.25) is 0 Å². The molecule has 2 heteroatoms. The predicted octanol–water partition coefficient (Wildman–Crippen LogP) is 3.85. The highest BCUT2D eigenvalue weighted by molar-refractivity contribution is 5.49. The van der Waals surface area contributed by atoms with Crippen molar-refractivity contribution >= 4 is 11.4 Å². The zero-order valence-electron chi connectivity index (χ0n) is 12.0. The molecule has 0 unspecified atom stereocenters. The topological polar surface area (TPSA) is 15.3 Å². The van der Waals surface area contributed by atoms with Gasteiger partial charge in [-0.05, 0) is 49.2 Å². The fraction of sp³-hybridized carbons (Fsp3) is 0.294. The SMILES string of the molecule is Cc1cc(C)cc(NCCN(C)c2ccccc2)c1. The number of likely N-dealkylation sites (N-methyl/N-ethyl adjacent to an activating group) is 1. The van der Waals surface area contributed by atoms with Gasteiger partial charge in [0, 0.05) is 31.5 Å². The van der Waals surface area contributed by atoms with Crippen LogP contribution in [0.4, 0.5) is 11.4 Å². The summed E-state index contributed by atoms with van der Waals surface area (Å²) in [6, 6.07) is 17.0. The van der Waals surface area contributed by atoms with Crippen molar-refractivity contribution in [3.63, 3.8) is 0 Å². The molecule has 0 radical (unpaired) electrons. The van der Waals surface area contributed by atoms with Crippen LogP contribution < -0.4 is 10.2 Å². The van der Waals surface area contributed by atoms with Crippen LogP contribution in [0.25, 0.3) is 0 Å². The maximum atomic E-state index is 3.49. The van der Waals surface area contributed by atoms with E-state index in [9.17, 15) is 0 Å². The fourth-order valence-electron chi connectivity index (χ4n) is 2.26. The molecule has 0 atom stereocenters. The Bertz CT molecular complexity index is 500. The van der Waals surface area contributed by atoms with Gasteiger partial charge >= 0.3 is 0 Å². The van der Waals surface area contributed by atoms with Gasteiger partial charge in [-0.2, -0.15) is 0 Å². The van der Waals surface area contributed by atoms with E-state index < -0.39 is 0 Å². The largest absolute Gasteiger partial charge is 0.383 e. The van der Waals surface area contributed by atoms with E-state index in [0.29, 0.717) is 0 Å². The molecule has 0 aliphatic heterocycles. The second-order valence-corrected chi connectivity index (χ2v) is 5.06. The van der Waals surface area contributed by atoms with Crippen molar-refractivity contribution in [1.82, 2.24) is 0 Å². The number of hydrogen-bond acceptors (Lipinski definition) is 2. The second kappa shape index (κ2) is 6.28. The van der Waals surface area contributed by atoms with Gasteiger partial charge in [-0.15, -0.1) is 0 Å². The third-order valence-electron chi connectivity index (χ3n) is 3.19. The van der Waals surface area contributed by atoms with Crippen molar-refractivity contribution < 1.29 is 0 Å². The molecule has 19 heavy (non-hydrogen) atoms. The van der Waals surface area contributed by atoms with E-state index in [2.05, 4.69) is 73.6 Å². The van der Waals surface area contributed by atoms with Gasteiger partial charge in [0.1, 0.15) is 0 Å². The summed E-state index contributed by atoms with van der Waals surface area (Å²) in [5, 5.41) is 3.49. The third kappa shape index (κ3) is 4.02. The standard InChI is InChI=1S/C17H22N2/c1-14-11-15(2)13-16(12-14)18-9-10-19(3)17-7-5-4-6-8-17/h4-8,11-13,18H,9-10H2,1-3H3. The summed E-state index contributed by atoms with van der Waals surface area (Å²) in [4.78, 5) is 2.26. The first-order valence-electron chi connectivity index (χ1n) is 6.73. The Morgan fingerprint density at radius 1 is 0.947 bits per heavy atom. The molecule has 0 bridgehead atoms. The van der Waals surface area contributed by atoms with E-state index in [0.717, 1.165) is 13.1 Å². The summed E-state index contributed by atoms with van der Waals surface area (Å²) in [5.74, 6) is 0. The third-order valence-corrected chi connectivity index (χ3v) is 3.19. The Hall–Kier alpha value is -1.96. The van der Waals surface area contributed by atoms with Gasteiger partial charge in [0.25, 0.3) is 0 Å². The average molecular weight is 254 g/mol. The van der Waals surface area contributed by atoms with E-state index in [4.69, 9.17) is 0 Å². The monoisotopic (exact) mass is 254 g/mol. The summed E-state index contributed by atoms with van der Waals surface area (Å²) in [6.45, 7) is 6.19. The lowest BCUT2D eigenvalue weighted by Gasteiger charge is -2.20. The van der Waals surface area contributed by atoms with E-state index in [1.54, 1.807) is 0 Å². The molecule has 0 aliphatic carbocycles. The van der Waals surface area contributed by atoms with Gasteiger partial charge in [0.05, 0.1) is 0 Å². The first-order chi connectivity index (χ1) is 9.15. The van der Waals surface area contributed by atoms with Crippen molar-refractivity contribution in [2.45, 2.75) is 13.8 Å². The number of aryl methyl sites for hydroxylation is 2. The minimum absolute atomic E-state index is 0.939. The quantitative estimate of drug-likeness (QED) is 0.871. The lowest BCUT2D eigenvalue weighted by molar-refractivity contribution is 0.914. The van der Waals surface area contributed by atoms with Crippen molar-refractivity contribution in [3.8, 4) is 0 Å². The first kappa shape index (κ1) is 13.5. The van der Waals surface area contributed by atoms with Gasteiger partial charge in [0.15, 0.2) is 0 Å². The molecule has 0 fully saturated rings. The lowest BCUT2D eigenvalue weighted by atomic mass is 10.1. The van der Waals surface area contributed by atoms with Crippen LogP contribution in [0.5, 0.6) is 0 Å². The van der Waals surface area contributed by atoms with Crippen molar-refractivity contribution in [2.75, 3.05) is 30.4 Å². The summed E-state index contributed by atoms with van der Waals surface area (Å²) in [6.07, 6.45) is 0. The highest BCUT2D eigenvalue weighted by Gasteiger charge is 2.00. The van der Waals surface area contributed by atoms with E-state index in [1.165, 1.54) is 22.5 Å². The molecule has 0 heterocycles. The molecule has 0 saturated carbocycles. The predicted molar refractivity (Wildman–Crippen MR) is 84.1 cm³/mol. The number of rotatable bonds is 5. The highest BCUT2D eigenvalue weighted by atomic mass is 15.1. The van der Waals surface area contributed by atoms with E-state index in [-0.39, 0.29) is 0 Å². The molecular weight excluding hydrogens is 232 g/mol. The van der Waals surface area contributed by atoms with Crippen molar-refractivity contribution in [2.24, 2.45) is 0 Å². The molecule has 2 aromatic carbocycles. The van der Waals surface area contributed by atoms with Gasteiger partial charge in [0.2, 0.25) is 0 Å². The summed E-state index contributed by atoms with van der Waals surface area (Å²) < 4.78 is 0. The van der Waals surface area contributed by atoms with Crippen LogP contribution in [0.15, 0.2) is 48.5 Å². The minimum Gasteiger partial charge on any atom is -0.383 e. The van der Waals surface area contributed by atoms with E-state index in [1.807, 2.05) is 6.07 Å². The number of anilines is 2. The zero-order valence-corrected chi connectivity index (χ0v) is 12.0. The van der Waals surface area contributed by atoms with Crippen LogP contribution in [0, 0.1) is 13.8 Å². The molecule has 2 rings (SSSR count). The van der Waals surface area contributed by atoms with Crippen LogP contribution in [0.2, 0.25) is 0 Å². The Kier molecular flexibility index (Phi) is 4.45. The van der Waals surface area contributed by atoms with Crippen LogP contribution in [-0.4, -0.2) is 20.1 Å². The second-order valence-electron chi connectivity index (χ2n) is 5.06. The molecule has 2 aromatic rings. The molecule has 0 aliphatic rings. The number of para-hydroxylation sites is 1. The molecule has 0 aromatic heterocycles. The Labute approximate surface area is 116 Å². The first-order valence-corrected chi connectivity index (χ1v) is 6.73. The summed E-state index contributed by atoms with van der Waals surface area (Å²) >= 11 is 0. The Morgan fingerprint density at radius 3 is 2.21 bits per heavy atom. The fourth-order valence-corrected chi connectivity index (χ4v) is 2.26. The molecule has 0 amide bonds. The van der Waals surface area contributed by atoms with Crippen LogP contribution in [0.1, 0.15) is 11.1 Å². The minimum atomic E-state index is 0.939. The highest BCUT2D eigenvalue weighted by Crippen LogP contribution is 2.14. The maximum absolute atomic E-state index is 3.49. The number of hydrogen-bond donors (Lipinski definition) is 1. The summed E-state index contributed by atoms with van der Waals surface area (Å²) in [7, 11) is 2.12. The van der Waals surface area contributed by atoms with E-state index >= 15 is 0 Å². The Morgan fingerprint density at radius 2 is 1.58 bits per heavy atom. The van der Waals surface area contributed by atoms with Crippen LogP contribution in [0.3, 0.4) is 0 Å². The zero-order chi connectivity index (χ0) is 13.7. The molecule has 2 nitrogen and oxygen atoms in total. The molecular formula is C17H22N2. The smallest absolute Gasteiger partial charge is 0.0364 e. The molecule has 100 valence electrons. The summed E-state index contributed by atoms with van der Waals surface area (Å²) in [5.41, 5.74) is 5.07. The van der Waals surface area contributed by atoms with Gasteiger partial charge in [-0.25, -0.2) is 0 Å². The normalized spacial score (nSPS) is 10.3. The van der Waals surface area contributed by atoms with Crippen molar-refractivity contribution in [1.29, 1.82) is 0 Å². The number of nitrogens with one attached hydrogen (secondary N) is 1. The average Bonchev–Trinajstić information content (AvgIpc) is 2.38. The maximum Gasteiger partial charge on any atom is 0.0364 e. The lowest BCUT2D eigenvalue weighted by Crippen LogP contribution is -2.24. The molecule has 0 spiro atoms. The molecule has 0 saturated heterocycles. The Balaban J connectivity index is 1.86. The van der Waals surface area contributed by atoms with Crippen LogP contribution in [-0.2, 0) is 0 Å². The number of nitrogens with zero attached hydrogens (tertiary/aromatic N) is 1.